The number of aromatic nitrogens is 2. The zero-order chi connectivity index (χ0) is 14.4. The van der Waals surface area contributed by atoms with Crippen LogP contribution in [-0.4, -0.2) is 42.1 Å². The summed E-state index contributed by atoms with van der Waals surface area (Å²) in [7, 11) is 4.10. The average Bonchev–Trinajstić information content (AvgIpc) is 2.41. The van der Waals surface area contributed by atoms with E-state index < -0.39 is 0 Å². The smallest absolute Gasteiger partial charge is 0.135 e. The van der Waals surface area contributed by atoms with Gasteiger partial charge in [0.15, 0.2) is 0 Å². The lowest BCUT2D eigenvalue weighted by atomic mass is 10.2. The van der Waals surface area contributed by atoms with E-state index in [0.29, 0.717) is 0 Å². The van der Waals surface area contributed by atoms with Crippen molar-refractivity contribution in [2.75, 3.05) is 37.8 Å². The van der Waals surface area contributed by atoms with Crippen molar-refractivity contribution in [2.24, 2.45) is 0 Å². The van der Waals surface area contributed by atoms with Crippen LogP contribution in [0.15, 0.2) is 36.7 Å². The molecule has 0 bridgehead atoms. The second kappa shape index (κ2) is 6.86. The van der Waals surface area contributed by atoms with Crippen LogP contribution in [0.4, 0.5) is 17.3 Å². The van der Waals surface area contributed by atoms with Crippen molar-refractivity contribution in [3.63, 3.8) is 0 Å². The minimum Gasteiger partial charge on any atom is -0.369 e. The summed E-state index contributed by atoms with van der Waals surface area (Å²) in [5, 5.41) is 6.59. The van der Waals surface area contributed by atoms with E-state index in [1.807, 2.05) is 38.4 Å². The number of nitrogens with one attached hydrogen (secondary N) is 2. The van der Waals surface area contributed by atoms with E-state index in [2.05, 4.69) is 38.5 Å². The van der Waals surface area contributed by atoms with Crippen molar-refractivity contribution in [3.05, 3.63) is 42.2 Å². The standard InChI is InChI=1S/C15H21N5/c1-12-6-4-5-7-13(12)19-15-10-14(17-11-18-15)16-8-9-20(2)3/h4-7,10-11H,8-9H2,1-3H3,(H2,16,17,18,19). The molecule has 2 rings (SSSR count). The average molecular weight is 271 g/mol. The third-order valence-electron chi connectivity index (χ3n) is 2.94. The van der Waals surface area contributed by atoms with E-state index in [9.17, 15) is 0 Å². The molecular weight excluding hydrogens is 250 g/mol. The lowest BCUT2D eigenvalue weighted by Crippen LogP contribution is -2.21. The molecule has 20 heavy (non-hydrogen) atoms. The fourth-order valence-corrected chi connectivity index (χ4v) is 1.78. The fourth-order valence-electron chi connectivity index (χ4n) is 1.78. The molecule has 0 spiro atoms. The first-order valence-corrected chi connectivity index (χ1v) is 6.68. The number of hydrogen-bond donors (Lipinski definition) is 2. The molecule has 0 saturated carbocycles. The van der Waals surface area contributed by atoms with Crippen LogP contribution in [0.5, 0.6) is 0 Å². The van der Waals surface area contributed by atoms with E-state index in [1.165, 1.54) is 5.56 Å². The Bertz CT molecular complexity index is 553. The number of anilines is 3. The molecule has 0 aliphatic heterocycles. The third-order valence-corrected chi connectivity index (χ3v) is 2.94. The molecule has 1 heterocycles. The molecule has 2 N–H and O–H groups in total. The quantitative estimate of drug-likeness (QED) is 0.845. The van der Waals surface area contributed by atoms with Crippen LogP contribution in [-0.2, 0) is 0 Å². The molecule has 0 saturated heterocycles. The van der Waals surface area contributed by atoms with Crippen LogP contribution in [0, 0.1) is 6.92 Å². The van der Waals surface area contributed by atoms with Gasteiger partial charge >= 0.3 is 0 Å². The van der Waals surface area contributed by atoms with E-state index in [4.69, 9.17) is 0 Å². The number of benzene rings is 1. The Labute approximate surface area is 120 Å². The summed E-state index contributed by atoms with van der Waals surface area (Å²) < 4.78 is 0. The summed E-state index contributed by atoms with van der Waals surface area (Å²) in [5.41, 5.74) is 2.25. The normalized spacial score (nSPS) is 10.6. The number of aryl methyl sites for hydroxylation is 1. The van der Waals surface area contributed by atoms with Gasteiger partial charge in [-0.25, -0.2) is 9.97 Å². The van der Waals surface area contributed by atoms with Gasteiger partial charge in [-0.05, 0) is 32.6 Å². The summed E-state index contributed by atoms with van der Waals surface area (Å²) in [6, 6.07) is 10.1. The van der Waals surface area contributed by atoms with Crippen LogP contribution in [0.2, 0.25) is 0 Å². The Hall–Kier alpha value is -2.14. The Morgan fingerprint density at radius 1 is 1.10 bits per heavy atom. The highest BCUT2D eigenvalue weighted by Crippen LogP contribution is 2.19. The topological polar surface area (TPSA) is 53.1 Å². The molecule has 5 nitrogen and oxygen atoms in total. The molecule has 0 aliphatic carbocycles. The molecule has 0 fully saturated rings. The van der Waals surface area contributed by atoms with E-state index >= 15 is 0 Å². The first kappa shape index (κ1) is 14.3. The molecule has 0 radical (unpaired) electrons. The van der Waals surface area contributed by atoms with Crippen molar-refractivity contribution in [1.29, 1.82) is 0 Å². The number of nitrogens with zero attached hydrogens (tertiary/aromatic N) is 3. The predicted octanol–water partition coefficient (Wildman–Crippen LogP) is 2.50. The largest absolute Gasteiger partial charge is 0.369 e. The molecule has 0 aliphatic rings. The minimum atomic E-state index is 0.793. The van der Waals surface area contributed by atoms with Crippen LogP contribution in [0.25, 0.3) is 0 Å². The second-order valence-electron chi connectivity index (χ2n) is 4.96. The highest BCUT2D eigenvalue weighted by atomic mass is 15.1. The summed E-state index contributed by atoms with van der Waals surface area (Å²) in [6.07, 6.45) is 1.57. The van der Waals surface area contributed by atoms with Gasteiger partial charge in [-0.3, -0.25) is 0 Å². The Balaban J connectivity index is 2.01. The Morgan fingerprint density at radius 3 is 2.60 bits per heavy atom. The van der Waals surface area contributed by atoms with Gasteiger partial charge in [-0.1, -0.05) is 18.2 Å². The molecule has 1 aromatic carbocycles. The lowest BCUT2D eigenvalue weighted by Gasteiger charge is -2.12. The Morgan fingerprint density at radius 2 is 1.85 bits per heavy atom. The van der Waals surface area contributed by atoms with Crippen LogP contribution in [0.3, 0.4) is 0 Å². The minimum absolute atomic E-state index is 0.793. The number of likely N-dealkylation sites (N-methyl/N-ethyl adjacent to an activating group) is 1. The van der Waals surface area contributed by atoms with Crippen molar-refractivity contribution in [2.45, 2.75) is 6.92 Å². The second-order valence-corrected chi connectivity index (χ2v) is 4.96. The van der Waals surface area contributed by atoms with Gasteiger partial charge in [-0.15, -0.1) is 0 Å². The van der Waals surface area contributed by atoms with Gasteiger partial charge in [0.1, 0.15) is 18.0 Å². The monoisotopic (exact) mass is 271 g/mol. The number of rotatable bonds is 6. The highest BCUT2D eigenvalue weighted by Gasteiger charge is 2.01. The SMILES string of the molecule is Cc1ccccc1Nc1cc(NCCN(C)C)ncn1. The van der Waals surface area contributed by atoms with Crippen LogP contribution < -0.4 is 10.6 Å². The molecule has 106 valence electrons. The predicted molar refractivity (Wildman–Crippen MR) is 83.5 cm³/mol. The number of hydrogen-bond acceptors (Lipinski definition) is 5. The molecule has 1 aromatic heterocycles. The van der Waals surface area contributed by atoms with Crippen molar-refractivity contribution in [1.82, 2.24) is 14.9 Å². The maximum absolute atomic E-state index is 4.25. The molecule has 5 heteroatoms. The van der Waals surface area contributed by atoms with Gasteiger partial charge < -0.3 is 15.5 Å². The van der Waals surface area contributed by atoms with Crippen molar-refractivity contribution in [3.8, 4) is 0 Å². The van der Waals surface area contributed by atoms with Gasteiger partial charge in [0.2, 0.25) is 0 Å². The van der Waals surface area contributed by atoms with Crippen LogP contribution in [0.1, 0.15) is 5.56 Å². The van der Waals surface area contributed by atoms with Crippen LogP contribution >= 0.6 is 0 Å². The molecule has 0 amide bonds. The van der Waals surface area contributed by atoms with Crippen molar-refractivity contribution < 1.29 is 0 Å². The summed E-state index contributed by atoms with van der Waals surface area (Å²) in [6.45, 7) is 3.89. The number of para-hydroxylation sites is 1. The Kier molecular flexibility index (Phi) is 4.90. The van der Waals surface area contributed by atoms with Gasteiger partial charge in [0, 0.05) is 24.8 Å². The maximum atomic E-state index is 4.25. The molecule has 0 unspecified atom stereocenters. The first-order chi connectivity index (χ1) is 9.65. The van der Waals surface area contributed by atoms with E-state index in [-0.39, 0.29) is 0 Å². The highest BCUT2D eigenvalue weighted by molar-refractivity contribution is 5.61. The fraction of sp³-hybridized carbons (Fsp3) is 0.333. The van der Waals surface area contributed by atoms with Gasteiger partial charge in [0.05, 0.1) is 0 Å². The van der Waals surface area contributed by atoms with Gasteiger partial charge in [0.25, 0.3) is 0 Å². The molecular formula is C15H21N5. The zero-order valence-electron chi connectivity index (χ0n) is 12.2. The lowest BCUT2D eigenvalue weighted by molar-refractivity contribution is 0.425. The molecule has 0 atom stereocenters. The molecule has 2 aromatic rings. The van der Waals surface area contributed by atoms with E-state index in [0.717, 1.165) is 30.4 Å². The maximum Gasteiger partial charge on any atom is 0.135 e. The van der Waals surface area contributed by atoms with Gasteiger partial charge in [-0.2, -0.15) is 0 Å². The summed E-state index contributed by atoms with van der Waals surface area (Å²) in [5.74, 6) is 1.62. The third kappa shape index (κ3) is 4.20. The zero-order valence-corrected chi connectivity index (χ0v) is 12.2. The summed E-state index contributed by atoms with van der Waals surface area (Å²) in [4.78, 5) is 10.6. The van der Waals surface area contributed by atoms with E-state index in [1.54, 1.807) is 6.33 Å². The first-order valence-electron chi connectivity index (χ1n) is 6.68. The van der Waals surface area contributed by atoms with Crippen molar-refractivity contribution >= 4 is 17.3 Å². The summed E-state index contributed by atoms with van der Waals surface area (Å²) >= 11 is 0.